The first-order valence-electron chi connectivity index (χ1n) is 9.43. The monoisotopic (exact) mass is 404 g/mol. The SMILES string of the molecule is O=S(=O)(NCCc1ccc(N2CCOCC2)cc1)c1ccc2c(c1)OCCO2. The maximum absolute atomic E-state index is 12.5. The Labute approximate surface area is 165 Å². The van der Waals surface area contributed by atoms with Crippen molar-refractivity contribution in [3.63, 3.8) is 0 Å². The topological polar surface area (TPSA) is 77.1 Å². The number of anilines is 1. The quantitative estimate of drug-likeness (QED) is 0.791. The summed E-state index contributed by atoms with van der Waals surface area (Å²) in [5, 5.41) is 0. The number of sulfonamides is 1. The van der Waals surface area contributed by atoms with Gasteiger partial charge < -0.3 is 19.1 Å². The molecule has 28 heavy (non-hydrogen) atoms. The molecule has 0 aromatic heterocycles. The zero-order chi connectivity index (χ0) is 19.4. The van der Waals surface area contributed by atoms with Crippen LogP contribution in [0.25, 0.3) is 0 Å². The molecule has 0 amide bonds. The molecular formula is C20H24N2O5S. The molecule has 1 N–H and O–H groups in total. The van der Waals surface area contributed by atoms with Crippen LogP contribution in [0.1, 0.15) is 5.56 Å². The summed E-state index contributed by atoms with van der Waals surface area (Å²) >= 11 is 0. The highest BCUT2D eigenvalue weighted by molar-refractivity contribution is 7.89. The maximum atomic E-state index is 12.5. The number of hydrogen-bond donors (Lipinski definition) is 1. The molecule has 0 unspecified atom stereocenters. The molecule has 0 bridgehead atoms. The van der Waals surface area contributed by atoms with Crippen molar-refractivity contribution in [2.75, 3.05) is 51.0 Å². The Morgan fingerprint density at radius 3 is 2.36 bits per heavy atom. The molecule has 0 atom stereocenters. The molecule has 2 aromatic carbocycles. The molecule has 0 radical (unpaired) electrons. The molecule has 0 aliphatic carbocycles. The van der Waals surface area contributed by atoms with E-state index in [2.05, 4.69) is 21.8 Å². The predicted octanol–water partition coefficient (Wildman–Crippen LogP) is 1.82. The van der Waals surface area contributed by atoms with Crippen molar-refractivity contribution < 1.29 is 22.6 Å². The summed E-state index contributed by atoms with van der Waals surface area (Å²) in [5.41, 5.74) is 2.26. The van der Waals surface area contributed by atoms with Crippen LogP contribution in [0, 0.1) is 0 Å². The summed E-state index contributed by atoms with van der Waals surface area (Å²) in [6, 6.07) is 12.9. The third-order valence-electron chi connectivity index (χ3n) is 4.84. The lowest BCUT2D eigenvalue weighted by Crippen LogP contribution is -2.36. The molecule has 2 aromatic rings. The fourth-order valence-corrected chi connectivity index (χ4v) is 4.35. The van der Waals surface area contributed by atoms with Gasteiger partial charge in [0.15, 0.2) is 11.5 Å². The number of morpholine rings is 1. The second-order valence-electron chi connectivity index (χ2n) is 6.72. The van der Waals surface area contributed by atoms with Gasteiger partial charge in [0.2, 0.25) is 10.0 Å². The van der Waals surface area contributed by atoms with Gasteiger partial charge in [-0.3, -0.25) is 0 Å². The fourth-order valence-electron chi connectivity index (χ4n) is 3.30. The highest BCUT2D eigenvalue weighted by atomic mass is 32.2. The standard InChI is InChI=1S/C20H24N2O5S/c23-28(24,18-5-6-19-20(15-18)27-14-13-26-19)21-8-7-16-1-3-17(4-2-16)22-9-11-25-12-10-22/h1-6,15,21H,7-14H2. The van der Waals surface area contributed by atoms with Crippen LogP contribution in [0.3, 0.4) is 0 Å². The van der Waals surface area contributed by atoms with Crippen LogP contribution in [-0.4, -0.2) is 54.5 Å². The number of fused-ring (bicyclic) bond motifs is 1. The van der Waals surface area contributed by atoms with E-state index in [1.807, 2.05) is 12.1 Å². The first-order chi connectivity index (χ1) is 13.6. The zero-order valence-corrected chi connectivity index (χ0v) is 16.4. The van der Waals surface area contributed by atoms with E-state index < -0.39 is 10.0 Å². The summed E-state index contributed by atoms with van der Waals surface area (Å²) < 4.78 is 44.0. The molecule has 150 valence electrons. The lowest BCUT2D eigenvalue weighted by atomic mass is 10.1. The first kappa shape index (κ1) is 19.0. The Kier molecular flexibility index (Phi) is 5.70. The van der Waals surface area contributed by atoms with Crippen LogP contribution in [-0.2, 0) is 21.2 Å². The average Bonchev–Trinajstić information content (AvgIpc) is 2.74. The Bertz CT molecular complexity index is 909. The lowest BCUT2D eigenvalue weighted by Gasteiger charge is -2.28. The number of ether oxygens (including phenoxy) is 3. The van der Waals surface area contributed by atoms with E-state index in [9.17, 15) is 8.42 Å². The van der Waals surface area contributed by atoms with Crippen LogP contribution in [0.15, 0.2) is 47.4 Å². The lowest BCUT2D eigenvalue weighted by molar-refractivity contribution is 0.122. The van der Waals surface area contributed by atoms with Gasteiger partial charge in [-0.2, -0.15) is 0 Å². The minimum Gasteiger partial charge on any atom is -0.486 e. The third kappa shape index (κ3) is 4.40. The summed E-state index contributed by atoms with van der Waals surface area (Å²) in [7, 11) is -3.60. The summed E-state index contributed by atoms with van der Waals surface area (Å²) in [4.78, 5) is 2.47. The van der Waals surface area contributed by atoms with E-state index in [-0.39, 0.29) is 4.90 Å². The molecule has 0 spiro atoms. The van der Waals surface area contributed by atoms with E-state index in [1.54, 1.807) is 6.07 Å². The average molecular weight is 404 g/mol. The van der Waals surface area contributed by atoms with Crippen molar-refractivity contribution in [2.45, 2.75) is 11.3 Å². The third-order valence-corrected chi connectivity index (χ3v) is 6.30. The van der Waals surface area contributed by atoms with Gasteiger partial charge in [-0.15, -0.1) is 0 Å². The Hall–Kier alpha value is -2.29. The molecule has 2 aliphatic rings. The Balaban J connectivity index is 1.34. The molecule has 2 aliphatic heterocycles. The van der Waals surface area contributed by atoms with Crippen molar-refractivity contribution in [3.8, 4) is 11.5 Å². The number of benzene rings is 2. The molecular weight excluding hydrogens is 380 g/mol. The van der Waals surface area contributed by atoms with Crippen molar-refractivity contribution in [1.29, 1.82) is 0 Å². The van der Waals surface area contributed by atoms with Gasteiger partial charge in [-0.25, -0.2) is 13.1 Å². The normalized spacial score (nSPS) is 16.8. The molecule has 8 heteroatoms. The van der Waals surface area contributed by atoms with Crippen LogP contribution in [0.2, 0.25) is 0 Å². The second-order valence-corrected chi connectivity index (χ2v) is 8.49. The predicted molar refractivity (Wildman–Crippen MR) is 106 cm³/mol. The highest BCUT2D eigenvalue weighted by Crippen LogP contribution is 2.32. The van der Waals surface area contributed by atoms with E-state index >= 15 is 0 Å². The number of nitrogens with zero attached hydrogens (tertiary/aromatic N) is 1. The van der Waals surface area contributed by atoms with Crippen LogP contribution in [0.5, 0.6) is 11.5 Å². The summed E-state index contributed by atoms with van der Waals surface area (Å²) in [6.07, 6.45) is 0.618. The highest BCUT2D eigenvalue weighted by Gasteiger charge is 2.19. The van der Waals surface area contributed by atoms with E-state index in [0.717, 1.165) is 31.9 Å². The Morgan fingerprint density at radius 2 is 1.61 bits per heavy atom. The van der Waals surface area contributed by atoms with E-state index in [4.69, 9.17) is 14.2 Å². The van der Waals surface area contributed by atoms with Gasteiger partial charge in [-0.1, -0.05) is 12.1 Å². The number of nitrogens with one attached hydrogen (secondary N) is 1. The maximum Gasteiger partial charge on any atom is 0.240 e. The smallest absolute Gasteiger partial charge is 0.240 e. The molecule has 2 heterocycles. The van der Waals surface area contributed by atoms with Gasteiger partial charge in [0.05, 0.1) is 18.1 Å². The van der Waals surface area contributed by atoms with Gasteiger partial charge in [0.25, 0.3) is 0 Å². The minimum absolute atomic E-state index is 0.180. The minimum atomic E-state index is -3.60. The number of rotatable bonds is 6. The molecule has 7 nitrogen and oxygen atoms in total. The van der Waals surface area contributed by atoms with Gasteiger partial charge >= 0.3 is 0 Å². The van der Waals surface area contributed by atoms with E-state index in [0.29, 0.717) is 37.7 Å². The molecule has 1 saturated heterocycles. The second kappa shape index (κ2) is 8.38. The number of hydrogen-bond acceptors (Lipinski definition) is 6. The van der Waals surface area contributed by atoms with Crippen LogP contribution >= 0.6 is 0 Å². The molecule has 1 fully saturated rings. The van der Waals surface area contributed by atoms with Crippen LogP contribution < -0.4 is 19.1 Å². The fraction of sp³-hybridized carbons (Fsp3) is 0.400. The van der Waals surface area contributed by atoms with Gasteiger partial charge in [0.1, 0.15) is 13.2 Å². The zero-order valence-electron chi connectivity index (χ0n) is 15.6. The Morgan fingerprint density at radius 1 is 0.893 bits per heavy atom. The van der Waals surface area contributed by atoms with Crippen molar-refractivity contribution in [1.82, 2.24) is 4.72 Å². The first-order valence-corrected chi connectivity index (χ1v) is 10.9. The van der Waals surface area contributed by atoms with Crippen molar-refractivity contribution in [3.05, 3.63) is 48.0 Å². The molecule has 0 saturated carbocycles. The van der Waals surface area contributed by atoms with Crippen molar-refractivity contribution >= 4 is 15.7 Å². The summed E-state index contributed by atoms with van der Waals surface area (Å²) in [5.74, 6) is 1.04. The van der Waals surface area contributed by atoms with Crippen molar-refractivity contribution in [2.24, 2.45) is 0 Å². The summed E-state index contributed by atoms with van der Waals surface area (Å²) in [6.45, 7) is 4.52. The molecule has 4 rings (SSSR count). The van der Waals surface area contributed by atoms with Gasteiger partial charge in [-0.05, 0) is 36.2 Å². The van der Waals surface area contributed by atoms with Crippen LogP contribution in [0.4, 0.5) is 5.69 Å². The van der Waals surface area contributed by atoms with E-state index in [1.165, 1.54) is 17.8 Å². The van der Waals surface area contributed by atoms with Gasteiger partial charge in [0, 0.05) is 31.4 Å². The largest absolute Gasteiger partial charge is 0.486 e.